The van der Waals surface area contributed by atoms with Crippen molar-refractivity contribution in [2.45, 2.75) is 26.4 Å². The number of carboxylic acid groups (broad SMARTS) is 1. The van der Waals surface area contributed by atoms with E-state index in [9.17, 15) is 9.90 Å². The molecular formula is C17H17ClO3. The van der Waals surface area contributed by atoms with Crippen molar-refractivity contribution in [2.75, 3.05) is 0 Å². The quantitative estimate of drug-likeness (QED) is 0.907. The predicted molar refractivity (Wildman–Crippen MR) is 83.1 cm³/mol. The van der Waals surface area contributed by atoms with Gasteiger partial charge in [0, 0.05) is 11.4 Å². The molecule has 0 fully saturated rings. The topological polar surface area (TPSA) is 46.5 Å². The van der Waals surface area contributed by atoms with Crippen molar-refractivity contribution < 1.29 is 14.6 Å². The van der Waals surface area contributed by atoms with Crippen molar-refractivity contribution in [3.8, 4) is 5.75 Å². The van der Waals surface area contributed by atoms with Gasteiger partial charge in [0.1, 0.15) is 5.75 Å². The van der Waals surface area contributed by atoms with Crippen molar-refractivity contribution in [3.63, 3.8) is 0 Å². The fourth-order valence-corrected chi connectivity index (χ4v) is 2.28. The van der Waals surface area contributed by atoms with Crippen LogP contribution >= 0.6 is 11.6 Å². The summed E-state index contributed by atoms with van der Waals surface area (Å²) in [6, 6.07) is 12.7. The summed E-state index contributed by atoms with van der Waals surface area (Å²) >= 11 is 5.89. The fraction of sp³-hybridized carbons (Fsp3) is 0.235. The van der Waals surface area contributed by atoms with Gasteiger partial charge in [0.2, 0.25) is 0 Å². The van der Waals surface area contributed by atoms with Crippen molar-refractivity contribution in [3.05, 3.63) is 64.2 Å². The maximum atomic E-state index is 11.4. The van der Waals surface area contributed by atoms with E-state index >= 15 is 0 Å². The molecule has 2 rings (SSSR count). The second kappa shape index (κ2) is 6.64. The smallest absolute Gasteiger partial charge is 0.345 e. The molecular weight excluding hydrogens is 288 g/mol. The second-order valence-corrected chi connectivity index (χ2v) is 5.47. The molecule has 0 aromatic heterocycles. The molecule has 1 N–H and O–H groups in total. The van der Waals surface area contributed by atoms with E-state index in [2.05, 4.69) is 0 Å². The third kappa shape index (κ3) is 4.23. The SMILES string of the molecule is Cc1ccc(C)c(C[C@@H](Oc2cccc(Cl)c2)C(=O)O)c1. The summed E-state index contributed by atoms with van der Waals surface area (Å²) in [4.78, 5) is 11.4. The van der Waals surface area contributed by atoms with Crippen LogP contribution in [-0.2, 0) is 11.2 Å². The third-order valence-electron chi connectivity index (χ3n) is 3.26. The van der Waals surface area contributed by atoms with Gasteiger partial charge in [0.15, 0.2) is 6.10 Å². The highest BCUT2D eigenvalue weighted by atomic mass is 35.5. The van der Waals surface area contributed by atoms with E-state index in [4.69, 9.17) is 16.3 Å². The summed E-state index contributed by atoms with van der Waals surface area (Å²) in [5.41, 5.74) is 3.13. The molecule has 0 saturated carbocycles. The monoisotopic (exact) mass is 304 g/mol. The average molecular weight is 305 g/mol. The summed E-state index contributed by atoms with van der Waals surface area (Å²) < 4.78 is 5.57. The van der Waals surface area contributed by atoms with Crippen LogP contribution in [0.15, 0.2) is 42.5 Å². The van der Waals surface area contributed by atoms with Crippen LogP contribution in [0, 0.1) is 13.8 Å². The van der Waals surface area contributed by atoms with Gasteiger partial charge in [0.25, 0.3) is 0 Å². The Morgan fingerprint density at radius 3 is 2.67 bits per heavy atom. The number of aliphatic carboxylic acids is 1. The molecule has 0 heterocycles. The number of hydrogen-bond donors (Lipinski definition) is 1. The lowest BCUT2D eigenvalue weighted by Crippen LogP contribution is -2.29. The Morgan fingerprint density at radius 1 is 1.24 bits per heavy atom. The Balaban J connectivity index is 2.20. The van der Waals surface area contributed by atoms with Gasteiger partial charge in [-0.3, -0.25) is 0 Å². The Morgan fingerprint density at radius 2 is 2.00 bits per heavy atom. The fourth-order valence-electron chi connectivity index (χ4n) is 2.10. The number of hydrogen-bond acceptors (Lipinski definition) is 2. The molecule has 2 aromatic rings. The minimum absolute atomic E-state index is 0.315. The van der Waals surface area contributed by atoms with E-state index in [0.29, 0.717) is 17.2 Å². The minimum atomic E-state index is -0.990. The normalized spacial score (nSPS) is 12.0. The zero-order valence-corrected chi connectivity index (χ0v) is 12.7. The van der Waals surface area contributed by atoms with Gasteiger partial charge < -0.3 is 9.84 Å². The molecule has 0 aliphatic rings. The number of carboxylic acids is 1. The Hall–Kier alpha value is -2.00. The number of rotatable bonds is 5. The number of carbonyl (C=O) groups is 1. The van der Waals surface area contributed by atoms with Gasteiger partial charge in [-0.15, -0.1) is 0 Å². The summed E-state index contributed by atoms with van der Waals surface area (Å²) in [6.45, 7) is 3.95. The lowest BCUT2D eigenvalue weighted by molar-refractivity contribution is -0.145. The van der Waals surface area contributed by atoms with Gasteiger partial charge in [-0.05, 0) is 43.2 Å². The van der Waals surface area contributed by atoms with Gasteiger partial charge in [0.05, 0.1) is 0 Å². The van der Waals surface area contributed by atoms with Crippen LogP contribution in [0.2, 0.25) is 5.02 Å². The molecule has 0 aliphatic heterocycles. The minimum Gasteiger partial charge on any atom is -0.478 e. The summed E-state index contributed by atoms with van der Waals surface area (Å²) in [5, 5.41) is 9.88. The summed E-state index contributed by atoms with van der Waals surface area (Å²) in [5.74, 6) is -0.531. The molecule has 0 saturated heterocycles. The Labute approximate surface area is 129 Å². The van der Waals surface area contributed by atoms with Crippen LogP contribution in [0.5, 0.6) is 5.75 Å². The van der Waals surface area contributed by atoms with E-state index in [1.54, 1.807) is 24.3 Å². The molecule has 3 nitrogen and oxygen atoms in total. The van der Waals surface area contributed by atoms with E-state index in [-0.39, 0.29) is 0 Å². The van der Waals surface area contributed by atoms with Crippen molar-refractivity contribution in [1.29, 1.82) is 0 Å². The van der Waals surface area contributed by atoms with Gasteiger partial charge in [-0.25, -0.2) is 4.79 Å². The molecule has 0 spiro atoms. The van der Waals surface area contributed by atoms with Gasteiger partial charge in [-0.1, -0.05) is 41.4 Å². The standard InChI is InChI=1S/C17H17ClO3/c1-11-6-7-12(2)13(8-11)9-16(17(19)20)21-15-5-3-4-14(18)10-15/h3-8,10,16H,9H2,1-2H3,(H,19,20)/t16-/m1/s1. The molecule has 21 heavy (non-hydrogen) atoms. The van der Waals surface area contributed by atoms with E-state index < -0.39 is 12.1 Å². The zero-order chi connectivity index (χ0) is 15.4. The van der Waals surface area contributed by atoms with Crippen LogP contribution in [0.1, 0.15) is 16.7 Å². The van der Waals surface area contributed by atoms with Crippen LogP contribution in [-0.4, -0.2) is 17.2 Å². The molecule has 110 valence electrons. The highest BCUT2D eigenvalue weighted by Gasteiger charge is 2.21. The average Bonchev–Trinajstić information content (AvgIpc) is 2.42. The molecule has 2 aromatic carbocycles. The second-order valence-electron chi connectivity index (χ2n) is 5.04. The molecule has 4 heteroatoms. The Kier molecular flexibility index (Phi) is 4.86. The van der Waals surface area contributed by atoms with Crippen molar-refractivity contribution in [1.82, 2.24) is 0 Å². The highest BCUT2D eigenvalue weighted by Crippen LogP contribution is 2.21. The van der Waals surface area contributed by atoms with Gasteiger partial charge in [-0.2, -0.15) is 0 Å². The predicted octanol–water partition coefficient (Wildman–Crippen LogP) is 4.03. The number of halogens is 1. The summed E-state index contributed by atoms with van der Waals surface area (Å²) in [7, 11) is 0. The lowest BCUT2D eigenvalue weighted by atomic mass is 10.00. The first kappa shape index (κ1) is 15.4. The van der Waals surface area contributed by atoms with Crippen molar-refractivity contribution in [2.24, 2.45) is 0 Å². The first-order valence-corrected chi connectivity index (χ1v) is 7.04. The maximum Gasteiger partial charge on any atom is 0.345 e. The maximum absolute atomic E-state index is 11.4. The molecule has 1 atom stereocenters. The summed E-state index contributed by atoms with van der Waals surface area (Å²) in [6.07, 6.45) is -0.626. The molecule has 0 bridgehead atoms. The van der Waals surface area contributed by atoms with E-state index in [1.807, 2.05) is 32.0 Å². The number of benzene rings is 2. The van der Waals surface area contributed by atoms with Crippen LogP contribution < -0.4 is 4.74 Å². The number of ether oxygens (including phenoxy) is 1. The van der Waals surface area contributed by atoms with Crippen LogP contribution in [0.25, 0.3) is 0 Å². The van der Waals surface area contributed by atoms with Gasteiger partial charge >= 0.3 is 5.97 Å². The highest BCUT2D eigenvalue weighted by molar-refractivity contribution is 6.30. The first-order chi connectivity index (χ1) is 9.95. The largest absolute Gasteiger partial charge is 0.478 e. The zero-order valence-electron chi connectivity index (χ0n) is 12.0. The molecule has 0 unspecified atom stereocenters. The van der Waals surface area contributed by atoms with Crippen LogP contribution in [0.4, 0.5) is 0 Å². The lowest BCUT2D eigenvalue weighted by Gasteiger charge is -2.17. The Bertz CT molecular complexity index is 652. The first-order valence-electron chi connectivity index (χ1n) is 6.67. The number of aryl methyl sites for hydroxylation is 2. The molecule has 0 radical (unpaired) electrons. The third-order valence-corrected chi connectivity index (χ3v) is 3.49. The van der Waals surface area contributed by atoms with Crippen molar-refractivity contribution >= 4 is 17.6 Å². The molecule has 0 aliphatic carbocycles. The molecule has 0 amide bonds. The van der Waals surface area contributed by atoms with E-state index in [1.165, 1.54) is 0 Å². The van der Waals surface area contributed by atoms with E-state index in [0.717, 1.165) is 16.7 Å². The van der Waals surface area contributed by atoms with Crippen LogP contribution in [0.3, 0.4) is 0 Å².